The Morgan fingerprint density at radius 3 is 1.59 bits per heavy atom. The molecule has 5 rings (SSSR count). The molecule has 0 aromatic heterocycles. The van der Waals surface area contributed by atoms with Gasteiger partial charge in [0, 0.05) is 18.2 Å². The van der Waals surface area contributed by atoms with Crippen molar-refractivity contribution in [1.29, 1.82) is 0 Å². The van der Waals surface area contributed by atoms with Gasteiger partial charge in [0.25, 0.3) is 0 Å². The fourth-order valence-corrected chi connectivity index (χ4v) is 4.28. The van der Waals surface area contributed by atoms with Crippen LogP contribution in [0.1, 0.15) is 0 Å². The molecule has 0 heterocycles. The maximum absolute atomic E-state index is 16.2. The molecule has 0 radical (unpaired) electrons. The summed E-state index contributed by atoms with van der Waals surface area (Å²) in [5.74, 6) is -0.790. The Morgan fingerprint density at radius 1 is 0.471 bits per heavy atom. The zero-order valence-corrected chi connectivity index (χ0v) is 18.8. The van der Waals surface area contributed by atoms with E-state index in [1.165, 1.54) is 6.07 Å². The van der Waals surface area contributed by atoms with E-state index in [0.29, 0.717) is 22.5 Å². The van der Waals surface area contributed by atoms with Crippen molar-refractivity contribution in [3.63, 3.8) is 0 Å². The van der Waals surface area contributed by atoms with E-state index in [2.05, 4.69) is 12.1 Å². The number of para-hydroxylation sites is 1. The second kappa shape index (κ2) is 9.32. The van der Waals surface area contributed by atoms with Crippen LogP contribution in [0.4, 0.5) is 20.2 Å². The number of halogens is 2. The maximum atomic E-state index is 16.2. The van der Waals surface area contributed by atoms with Gasteiger partial charge in [0.1, 0.15) is 5.82 Å². The van der Waals surface area contributed by atoms with E-state index in [1.807, 2.05) is 78.9 Å². The highest BCUT2D eigenvalue weighted by Gasteiger charge is 2.21. The summed E-state index contributed by atoms with van der Waals surface area (Å²) in [6, 6.07) is 37.7. The highest BCUT2D eigenvalue weighted by Crippen LogP contribution is 2.41. The molecule has 5 aromatic carbocycles. The molecular formula is C31H23F2N. The first-order valence-corrected chi connectivity index (χ1v) is 11.2. The van der Waals surface area contributed by atoms with E-state index in [9.17, 15) is 4.39 Å². The molecule has 0 aliphatic carbocycles. The lowest BCUT2D eigenvalue weighted by atomic mass is 9.95. The van der Waals surface area contributed by atoms with E-state index in [-0.39, 0.29) is 5.82 Å². The molecule has 5 aromatic rings. The lowest BCUT2D eigenvalue weighted by Gasteiger charge is -2.25. The third kappa shape index (κ3) is 4.08. The van der Waals surface area contributed by atoms with Crippen molar-refractivity contribution in [1.82, 2.24) is 0 Å². The third-order valence-electron chi connectivity index (χ3n) is 6.05. The highest BCUT2D eigenvalue weighted by atomic mass is 19.1. The topological polar surface area (TPSA) is 3.24 Å². The minimum absolute atomic E-state index is 0.314. The normalized spacial score (nSPS) is 10.8. The average molecular weight is 448 g/mol. The summed E-state index contributed by atoms with van der Waals surface area (Å²) in [7, 11) is 1.70. The Labute approximate surface area is 198 Å². The maximum Gasteiger partial charge on any atom is 0.155 e. The van der Waals surface area contributed by atoms with Crippen LogP contribution in [0.5, 0.6) is 0 Å². The molecule has 0 aliphatic rings. The largest absolute Gasteiger partial charge is 0.339 e. The van der Waals surface area contributed by atoms with Crippen molar-refractivity contribution in [3.8, 4) is 33.4 Å². The van der Waals surface area contributed by atoms with Crippen LogP contribution in [0.3, 0.4) is 0 Å². The van der Waals surface area contributed by atoms with Crippen LogP contribution in [0.25, 0.3) is 33.4 Å². The monoisotopic (exact) mass is 447 g/mol. The van der Waals surface area contributed by atoms with E-state index < -0.39 is 5.82 Å². The van der Waals surface area contributed by atoms with Crippen molar-refractivity contribution in [2.45, 2.75) is 0 Å². The molecule has 166 valence electrons. The van der Waals surface area contributed by atoms with Gasteiger partial charge in [-0.1, -0.05) is 109 Å². The molecule has 0 N–H and O–H groups in total. The van der Waals surface area contributed by atoms with Crippen LogP contribution < -0.4 is 4.90 Å². The number of hydrogen-bond donors (Lipinski definition) is 0. The van der Waals surface area contributed by atoms with E-state index in [4.69, 9.17) is 0 Å². The van der Waals surface area contributed by atoms with Gasteiger partial charge in [-0.05, 0) is 34.4 Å². The number of benzene rings is 5. The van der Waals surface area contributed by atoms with Crippen LogP contribution in [0.15, 0.2) is 121 Å². The fraction of sp³-hybridized carbons (Fsp3) is 0.0323. The Morgan fingerprint density at radius 2 is 0.941 bits per heavy atom. The third-order valence-corrected chi connectivity index (χ3v) is 6.05. The van der Waals surface area contributed by atoms with Gasteiger partial charge in [-0.25, -0.2) is 8.78 Å². The van der Waals surface area contributed by atoms with Crippen molar-refractivity contribution in [2.75, 3.05) is 11.9 Å². The van der Waals surface area contributed by atoms with Crippen molar-refractivity contribution in [2.24, 2.45) is 0 Å². The SMILES string of the molecule is CN(c1ccccc1F)c1c(-c2ccc(-c3ccccc3)cc2)ccc(-c2ccccc2)c1F. The number of rotatable bonds is 5. The quantitative estimate of drug-likeness (QED) is 0.260. The first kappa shape index (κ1) is 21.6. The Balaban J connectivity index is 1.66. The molecular weight excluding hydrogens is 424 g/mol. The van der Waals surface area contributed by atoms with Gasteiger partial charge in [-0.2, -0.15) is 0 Å². The molecule has 3 heteroatoms. The molecule has 0 atom stereocenters. The van der Waals surface area contributed by atoms with Crippen LogP contribution in [-0.2, 0) is 0 Å². The first-order valence-electron chi connectivity index (χ1n) is 11.2. The smallest absolute Gasteiger partial charge is 0.155 e. The summed E-state index contributed by atoms with van der Waals surface area (Å²) in [4.78, 5) is 1.59. The predicted octanol–water partition coefficient (Wildman–Crippen LogP) is 8.73. The average Bonchev–Trinajstić information content (AvgIpc) is 2.89. The van der Waals surface area contributed by atoms with Crippen molar-refractivity contribution >= 4 is 11.4 Å². The summed E-state index contributed by atoms with van der Waals surface area (Å²) in [5.41, 5.74) is 5.64. The summed E-state index contributed by atoms with van der Waals surface area (Å²) in [6.07, 6.45) is 0. The van der Waals surface area contributed by atoms with Gasteiger partial charge >= 0.3 is 0 Å². The van der Waals surface area contributed by atoms with E-state index in [1.54, 1.807) is 36.2 Å². The number of nitrogens with zero attached hydrogens (tertiary/aromatic N) is 1. The first-order chi connectivity index (χ1) is 16.6. The molecule has 0 spiro atoms. The van der Waals surface area contributed by atoms with Crippen LogP contribution in [0.2, 0.25) is 0 Å². The van der Waals surface area contributed by atoms with Gasteiger partial charge in [-0.15, -0.1) is 0 Å². The standard InChI is InChI=1S/C31H23F2N/c1-34(29-15-9-8-14-28(29)32)31-27(21-20-26(30(31)33)24-12-6-3-7-13-24)25-18-16-23(17-19-25)22-10-4-2-5-11-22/h2-21H,1H3. The Bertz CT molecular complexity index is 1410. The molecule has 0 amide bonds. The molecule has 0 saturated heterocycles. The van der Waals surface area contributed by atoms with Gasteiger partial charge in [0.15, 0.2) is 5.82 Å². The summed E-state index contributed by atoms with van der Waals surface area (Å²) in [6.45, 7) is 0. The van der Waals surface area contributed by atoms with Crippen LogP contribution in [-0.4, -0.2) is 7.05 Å². The van der Waals surface area contributed by atoms with Gasteiger partial charge < -0.3 is 4.90 Å². The van der Waals surface area contributed by atoms with Gasteiger partial charge in [0.05, 0.1) is 11.4 Å². The molecule has 0 unspecified atom stereocenters. The van der Waals surface area contributed by atoms with Crippen molar-refractivity contribution in [3.05, 3.63) is 133 Å². The number of anilines is 2. The lowest BCUT2D eigenvalue weighted by Crippen LogP contribution is -2.14. The molecule has 0 bridgehead atoms. The summed E-state index contributed by atoms with van der Waals surface area (Å²) < 4.78 is 30.8. The molecule has 0 aliphatic heterocycles. The molecule has 34 heavy (non-hydrogen) atoms. The molecule has 0 saturated carbocycles. The summed E-state index contributed by atoms with van der Waals surface area (Å²) in [5, 5.41) is 0. The zero-order valence-electron chi connectivity index (χ0n) is 18.8. The second-order valence-corrected chi connectivity index (χ2v) is 8.14. The van der Waals surface area contributed by atoms with Crippen LogP contribution in [0, 0.1) is 11.6 Å². The molecule has 0 fully saturated rings. The minimum atomic E-state index is -0.403. The van der Waals surface area contributed by atoms with E-state index in [0.717, 1.165) is 22.3 Å². The van der Waals surface area contributed by atoms with Gasteiger partial charge in [0.2, 0.25) is 0 Å². The van der Waals surface area contributed by atoms with Crippen molar-refractivity contribution < 1.29 is 8.78 Å². The lowest BCUT2D eigenvalue weighted by molar-refractivity contribution is 0.619. The Kier molecular flexibility index (Phi) is 5.92. The summed E-state index contributed by atoms with van der Waals surface area (Å²) >= 11 is 0. The van der Waals surface area contributed by atoms with Crippen LogP contribution >= 0.6 is 0 Å². The highest BCUT2D eigenvalue weighted by molar-refractivity contribution is 5.87. The fourth-order valence-electron chi connectivity index (χ4n) is 4.28. The minimum Gasteiger partial charge on any atom is -0.339 e. The van der Waals surface area contributed by atoms with E-state index >= 15 is 4.39 Å². The number of hydrogen-bond acceptors (Lipinski definition) is 1. The second-order valence-electron chi connectivity index (χ2n) is 8.14. The van der Waals surface area contributed by atoms with Gasteiger partial charge in [-0.3, -0.25) is 0 Å². The molecule has 1 nitrogen and oxygen atoms in total. The predicted molar refractivity (Wildman–Crippen MR) is 137 cm³/mol. The zero-order chi connectivity index (χ0) is 23.5. The Hall–Kier alpha value is -4.24.